The molecule has 0 aromatic carbocycles. The molecule has 0 aliphatic heterocycles. The van der Waals surface area contributed by atoms with Crippen LogP contribution in [0, 0.1) is 0 Å². The van der Waals surface area contributed by atoms with Crippen molar-refractivity contribution in [2.75, 3.05) is 6.54 Å². The molecule has 100 valence electrons. The second-order valence-electron chi connectivity index (χ2n) is 4.10. The van der Waals surface area contributed by atoms with Crippen LogP contribution in [0.5, 0.6) is 0 Å². The molecule has 0 spiro atoms. The SMILES string of the molecule is CCCNCc1ccc(Sc2ccc(Br)cn2)nc1. The van der Waals surface area contributed by atoms with Crippen molar-refractivity contribution in [3.05, 3.63) is 46.7 Å². The zero-order chi connectivity index (χ0) is 13.5. The molecule has 19 heavy (non-hydrogen) atoms. The summed E-state index contributed by atoms with van der Waals surface area (Å²) in [5, 5.41) is 5.28. The van der Waals surface area contributed by atoms with Gasteiger partial charge in [-0.1, -0.05) is 24.8 Å². The predicted molar refractivity (Wildman–Crippen MR) is 82.3 cm³/mol. The Morgan fingerprint density at radius 1 is 1.11 bits per heavy atom. The summed E-state index contributed by atoms with van der Waals surface area (Å²) in [6.07, 6.45) is 4.87. The third kappa shape index (κ3) is 4.93. The monoisotopic (exact) mass is 337 g/mol. The first-order valence-electron chi connectivity index (χ1n) is 6.23. The molecule has 0 radical (unpaired) electrons. The number of rotatable bonds is 6. The maximum atomic E-state index is 4.45. The molecule has 0 unspecified atom stereocenters. The van der Waals surface area contributed by atoms with Crippen molar-refractivity contribution in [2.45, 2.75) is 29.9 Å². The average Bonchev–Trinajstić information content (AvgIpc) is 2.44. The van der Waals surface area contributed by atoms with E-state index in [0.29, 0.717) is 0 Å². The highest BCUT2D eigenvalue weighted by Crippen LogP contribution is 2.24. The van der Waals surface area contributed by atoms with Crippen molar-refractivity contribution in [3.8, 4) is 0 Å². The van der Waals surface area contributed by atoms with Crippen LogP contribution in [0.2, 0.25) is 0 Å². The van der Waals surface area contributed by atoms with Crippen LogP contribution in [-0.4, -0.2) is 16.5 Å². The van der Waals surface area contributed by atoms with Crippen LogP contribution < -0.4 is 5.32 Å². The summed E-state index contributed by atoms with van der Waals surface area (Å²) < 4.78 is 0.988. The lowest BCUT2D eigenvalue weighted by atomic mass is 10.3. The fraction of sp³-hybridized carbons (Fsp3) is 0.286. The third-order valence-corrected chi connectivity index (χ3v) is 3.83. The van der Waals surface area contributed by atoms with Gasteiger partial charge in [-0.3, -0.25) is 0 Å². The Kier molecular flexibility index (Phi) is 5.82. The van der Waals surface area contributed by atoms with Gasteiger partial charge in [0.25, 0.3) is 0 Å². The van der Waals surface area contributed by atoms with E-state index in [0.717, 1.165) is 34.0 Å². The van der Waals surface area contributed by atoms with Crippen molar-refractivity contribution in [2.24, 2.45) is 0 Å². The summed E-state index contributed by atoms with van der Waals surface area (Å²) in [6, 6.07) is 8.11. The van der Waals surface area contributed by atoms with Crippen LogP contribution in [0.4, 0.5) is 0 Å². The Morgan fingerprint density at radius 2 is 1.84 bits per heavy atom. The van der Waals surface area contributed by atoms with Crippen LogP contribution in [0.15, 0.2) is 51.2 Å². The quantitative estimate of drug-likeness (QED) is 0.811. The van der Waals surface area contributed by atoms with Gasteiger partial charge in [-0.05, 0) is 52.7 Å². The molecule has 2 aromatic heterocycles. The molecule has 2 aromatic rings. The highest BCUT2D eigenvalue weighted by molar-refractivity contribution is 9.10. The summed E-state index contributed by atoms with van der Waals surface area (Å²) in [5.41, 5.74) is 1.21. The zero-order valence-electron chi connectivity index (χ0n) is 10.8. The molecule has 0 aliphatic rings. The van der Waals surface area contributed by atoms with Gasteiger partial charge in [0.1, 0.15) is 10.1 Å². The highest BCUT2D eigenvalue weighted by atomic mass is 79.9. The first kappa shape index (κ1) is 14.5. The first-order chi connectivity index (χ1) is 9.28. The Labute approximate surface area is 126 Å². The fourth-order valence-corrected chi connectivity index (χ4v) is 2.45. The minimum Gasteiger partial charge on any atom is -0.313 e. The van der Waals surface area contributed by atoms with Gasteiger partial charge in [0.05, 0.1) is 0 Å². The van der Waals surface area contributed by atoms with Crippen molar-refractivity contribution in [3.63, 3.8) is 0 Å². The molecule has 0 bridgehead atoms. The lowest BCUT2D eigenvalue weighted by Gasteiger charge is -2.04. The number of pyridine rings is 2. The lowest BCUT2D eigenvalue weighted by Crippen LogP contribution is -2.13. The Balaban J connectivity index is 1.92. The van der Waals surface area contributed by atoms with Crippen molar-refractivity contribution in [1.82, 2.24) is 15.3 Å². The maximum Gasteiger partial charge on any atom is 0.102 e. The Morgan fingerprint density at radius 3 is 2.42 bits per heavy atom. The summed E-state index contributed by atoms with van der Waals surface area (Å²) in [4.78, 5) is 8.77. The normalized spacial score (nSPS) is 10.6. The van der Waals surface area contributed by atoms with Gasteiger partial charge in [-0.15, -0.1) is 0 Å². The molecular formula is C14H16BrN3S. The van der Waals surface area contributed by atoms with E-state index in [9.17, 15) is 0 Å². The molecule has 0 atom stereocenters. The zero-order valence-corrected chi connectivity index (χ0v) is 13.2. The molecule has 1 N–H and O–H groups in total. The van der Waals surface area contributed by atoms with Crippen LogP contribution >= 0.6 is 27.7 Å². The van der Waals surface area contributed by atoms with Gasteiger partial charge < -0.3 is 5.32 Å². The molecular weight excluding hydrogens is 322 g/mol. The van der Waals surface area contributed by atoms with Gasteiger partial charge in [-0.2, -0.15) is 0 Å². The molecule has 0 saturated carbocycles. The summed E-state index contributed by atoms with van der Waals surface area (Å²) >= 11 is 4.95. The molecule has 3 nitrogen and oxygen atoms in total. The summed E-state index contributed by atoms with van der Waals surface area (Å²) in [7, 11) is 0. The van der Waals surface area contributed by atoms with Gasteiger partial charge in [-0.25, -0.2) is 9.97 Å². The van der Waals surface area contributed by atoms with Crippen molar-refractivity contribution >= 4 is 27.7 Å². The average molecular weight is 338 g/mol. The van der Waals surface area contributed by atoms with Gasteiger partial charge in [0, 0.05) is 23.4 Å². The number of hydrogen-bond acceptors (Lipinski definition) is 4. The van der Waals surface area contributed by atoms with Crippen molar-refractivity contribution in [1.29, 1.82) is 0 Å². The van der Waals surface area contributed by atoms with Crippen LogP contribution in [0.3, 0.4) is 0 Å². The highest BCUT2D eigenvalue weighted by Gasteiger charge is 2.00. The van der Waals surface area contributed by atoms with E-state index in [1.54, 1.807) is 18.0 Å². The van der Waals surface area contributed by atoms with Crippen LogP contribution in [0.1, 0.15) is 18.9 Å². The molecule has 0 fully saturated rings. The van der Waals surface area contributed by atoms with E-state index in [1.807, 2.05) is 24.4 Å². The van der Waals surface area contributed by atoms with Gasteiger partial charge in [0.15, 0.2) is 0 Å². The Hall–Kier alpha value is -0.910. The summed E-state index contributed by atoms with van der Waals surface area (Å²) in [6.45, 7) is 4.08. The van der Waals surface area contributed by atoms with Gasteiger partial charge >= 0.3 is 0 Å². The largest absolute Gasteiger partial charge is 0.313 e. The number of hydrogen-bond donors (Lipinski definition) is 1. The van der Waals surface area contributed by atoms with E-state index in [-0.39, 0.29) is 0 Å². The van der Waals surface area contributed by atoms with Crippen LogP contribution in [-0.2, 0) is 6.54 Å². The molecule has 2 rings (SSSR count). The maximum absolute atomic E-state index is 4.45. The van der Waals surface area contributed by atoms with E-state index < -0.39 is 0 Å². The number of aromatic nitrogens is 2. The second-order valence-corrected chi connectivity index (χ2v) is 6.05. The molecule has 0 amide bonds. The molecule has 0 saturated heterocycles. The third-order valence-electron chi connectivity index (χ3n) is 2.46. The topological polar surface area (TPSA) is 37.8 Å². The Bertz CT molecular complexity index is 499. The number of nitrogens with zero attached hydrogens (tertiary/aromatic N) is 2. The molecule has 2 heterocycles. The molecule has 5 heteroatoms. The standard InChI is InChI=1S/C14H16BrN3S/c1-2-7-16-8-11-3-5-13(17-9-11)19-14-6-4-12(15)10-18-14/h3-6,9-10,16H,2,7-8H2,1H3. The lowest BCUT2D eigenvalue weighted by molar-refractivity contribution is 0.673. The van der Waals surface area contributed by atoms with E-state index in [1.165, 1.54) is 5.56 Å². The summed E-state index contributed by atoms with van der Waals surface area (Å²) in [5.74, 6) is 0. The van der Waals surface area contributed by atoms with Crippen molar-refractivity contribution < 1.29 is 0 Å². The fourth-order valence-electron chi connectivity index (χ4n) is 1.52. The number of halogens is 1. The van der Waals surface area contributed by atoms with E-state index in [2.05, 4.69) is 44.2 Å². The minimum absolute atomic E-state index is 0.877. The van der Waals surface area contributed by atoms with E-state index >= 15 is 0 Å². The first-order valence-corrected chi connectivity index (χ1v) is 7.84. The van der Waals surface area contributed by atoms with E-state index in [4.69, 9.17) is 0 Å². The second kappa shape index (κ2) is 7.62. The van der Waals surface area contributed by atoms with Crippen LogP contribution in [0.25, 0.3) is 0 Å². The van der Waals surface area contributed by atoms with Gasteiger partial charge in [0.2, 0.25) is 0 Å². The minimum atomic E-state index is 0.877. The predicted octanol–water partition coefficient (Wildman–Crippen LogP) is 3.89. The smallest absolute Gasteiger partial charge is 0.102 e. The molecule has 0 aliphatic carbocycles. The number of nitrogens with one attached hydrogen (secondary N) is 1.